The lowest BCUT2D eigenvalue weighted by Gasteiger charge is -2.75. The van der Waals surface area contributed by atoms with Crippen LogP contribution in [0.4, 0.5) is 14.6 Å². The molecule has 0 radical (unpaired) electrons. The van der Waals surface area contributed by atoms with Crippen molar-refractivity contribution in [1.29, 1.82) is 0 Å². The molecule has 2 N–H and O–H groups in total. The van der Waals surface area contributed by atoms with E-state index in [1.54, 1.807) is 6.20 Å². The van der Waals surface area contributed by atoms with Crippen molar-refractivity contribution in [3.63, 3.8) is 0 Å². The number of nitrogens with two attached hydrogens (primary N) is 1. The summed E-state index contributed by atoms with van der Waals surface area (Å²) < 4.78 is 32.3. The fourth-order valence-corrected chi connectivity index (χ4v) is 7.09. The van der Waals surface area contributed by atoms with E-state index in [1.165, 1.54) is 83.6 Å². The monoisotopic (exact) mass is 514 g/mol. The molecule has 2 bridgehead atoms. The standard InChI is InChI=1S/C28H40F2N6O/c1-34-9-11-36(12-10-34)28-17-27(18-28,19-28)7-3-2-4-8-35-16-22(33-24(35)13-20-5-6-20)21-14-23(37-26(29)30)25(31)32-15-21/h14-16,20,26H,2-13,17-19H2,1H3,(H2,31,32). The molecule has 4 saturated carbocycles. The number of anilines is 1. The Labute approximate surface area is 218 Å². The second kappa shape index (κ2) is 9.80. The molecule has 9 heteroatoms. The van der Waals surface area contributed by atoms with Crippen molar-refractivity contribution >= 4 is 5.82 Å². The summed E-state index contributed by atoms with van der Waals surface area (Å²) in [6.07, 6.45) is 16.4. The van der Waals surface area contributed by atoms with Crippen LogP contribution in [0.1, 0.15) is 63.6 Å². The van der Waals surface area contributed by atoms with Gasteiger partial charge in [0.05, 0.1) is 5.69 Å². The van der Waals surface area contributed by atoms with E-state index in [9.17, 15) is 8.78 Å². The molecule has 2 aromatic heterocycles. The highest BCUT2D eigenvalue weighted by molar-refractivity contribution is 5.63. The van der Waals surface area contributed by atoms with Crippen LogP contribution >= 0.6 is 0 Å². The summed E-state index contributed by atoms with van der Waals surface area (Å²) in [5.41, 5.74) is 8.31. The SMILES string of the molecule is CN1CCN(C23CC(CCCCCn4cc(-c5cnc(N)c(OC(F)F)c5)nc4CC4CC4)(C2)C3)CC1. The van der Waals surface area contributed by atoms with Gasteiger partial charge in [0.1, 0.15) is 5.82 Å². The van der Waals surface area contributed by atoms with E-state index in [2.05, 4.69) is 31.1 Å². The van der Waals surface area contributed by atoms with Gasteiger partial charge >= 0.3 is 6.61 Å². The summed E-state index contributed by atoms with van der Waals surface area (Å²) in [4.78, 5) is 14.1. The first-order valence-corrected chi connectivity index (χ1v) is 14.0. The molecule has 0 unspecified atom stereocenters. The van der Waals surface area contributed by atoms with Crippen LogP contribution in [0.3, 0.4) is 0 Å². The minimum absolute atomic E-state index is 0.0418. The zero-order chi connectivity index (χ0) is 25.6. The van der Waals surface area contributed by atoms with Crippen LogP contribution in [0.2, 0.25) is 0 Å². The van der Waals surface area contributed by atoms with Crippen molar-refractivity contribution in [2.24, 2.45) is 11.3 Å². The maximum absolute atomic E-state index is 12.7. The maximum atomic E-state index is 12.7. The summed E-state index contributed by atoms with van der Waals surface area (Å²) >= 11 is 0. The molecular weight excluding hydrogens is 474 g/mol. The lowest BCUT2D eigenvalue weighted by atomic mass is 9.37. The largest absolute Gasteiger partial charge is 0.431 e. The number of likely N-dealkylation sites (N-methyl/N-ethyl adjacent to an activating group) is 1. The summed E-state index contributed by atoms with van der Waals surface area (Å²) in [6.45, 7) is 2.92. The molecule has 1 aliphatic heterocycles. The molecule has 0 spiro atoms. The number of halogens is 2. The number of alkyl halides is 2. The Kier molecular flexibility index (Phi) is 6.63. The van der Waals surface area contributed by atoms with Crippen LogP contribution < -0.4 is 10.5 Å². The molecule has 1 saturated heterocycles. The van der Waals surface area contributed by atoms with E-state index in [1.807, 2.05) is 6.20 Å². The molecule has 37 heavy (non-hydrogen) atoms. The number of piperazine rings is 1. The Morgan fingerprint density at radius 2 is 1.86 bits per heavy atom. The Bertz CT molecular complexity index is 1090. The Hall–Kier alpha value is -2.26. The van der Waals surface area contributed by atoms with Gasteiger partial charge in [-0.05, 0) is 69.4 Å². The normalized spacial score (nSPS) is 27.8. The average Bonchev–Trinajstić information content (AvgIpc) is 3.54. The molecule has 202 valence electrons. The highest BCUT2D eigenvalue weighted by Gasteiger charge is 2.69. The summed E-state index contributed by atoms with van der Waals surface area (Å²) in [5, 5.41) is 0. The molecule has 5 fully saturated rings. The van der Waals surface area contributed by atoms with E-state index in [0.717, 1.165) is 30.9 Å². The number of hydrogen-bond acceptors (Lipinski definition) is 6. The van der Waals surface area contributed by atoms with Crippen LogP contribution in [-0.2, 0) is 13.0 Å². The number of rotatable bonds is 12. The van der Waals surface area contributed by atoms with Gasteiger partial charge in [-0.2, -0.15) is 8.78 Å². The summed E-state index contributed by atoms with van der Waals surface area (Å²) in [5.74, 6) is 1.65. The molecule has 7 rings (SSSR count). The summed E-state index contributed by atoms with van der Waals surface area (Å²) in [6, 6.07) is 1.51. The third-order valence-electron chi connectivity index (χ3n) is 9.31. The maximum Gasteiger partial charge on any atom is 0.387 e. The molecule has 7 nitrogen and oxygen atoms in total. The first-order chi connectivity index (χ1) is 17.8. The molecule has 3 heterocycles. The second-order valence-corrected chi connectivity index (χ2v) is 12.2. The zero-order valence-corrected chi connectivity index (χ0v) is 22.0. The topological polar surface area (TPSA) is 72.4 Å². The van der Waals surface area contributed by atoms with Gasteiger partial charge in [0, 0.05) is 62.6 Å². The highest BCUT2D eigenvalue weighted by atomic mass is 19.3. The number of hydrogen-bond donors (Lipinski definition) is 1. The first-order valence-electron chi connectivity index (χ1n) is 14.0. The lowest BCUT2D eigenvalue weighted by Crippen LogP contribution is -2.76. The van der Waals surface area contributed by atoms with Gasteiger partial charge < -0.3 is 19.9 Å². The van der Waals surface area contributed by atoms with Crippen LogP contribution in [-0.4, -0.2) is 69.7 Å². The van der Waals surface area contributed by atoms with Crippen molar-refractivity contribution in [1.82, 2.24) is 24.3 Å². The average molecular weight is 515 g/mol. The molecular formula is C28H40F2N6O. The number of pyridine rings is 1. The van der Waals surface area contributed by atoms with E-state index < -0.39 is 6.61 Å². The second-order valence-electron chi connectivity index (χ2n) is 12.2. The number of unbranched alkanes of at least 4 members (excludes halogenated alkanes) is 2. The van der Waals surface area contributed by atoms with Gasteiger partial charge in [0.2, 0.25) is 0 Å². The first kappa shape index (κ1) is 25.0. The minimum atomic E-state index is -2.94. The van der Waals surface area contributed by atoms with E-state index >= 15 is 0 Å². The Morgan fingerprint density at radius 3 is 2.57 bits per heavy atom. The van der Waals surface area contributed by atoms with Crippen molar-refractivity contribution in [3.05, 3.63) is 24.3 Å². The third-order valence-corrected chi connectivity index (χ3v) is 9.31. The van der Waals surface area contributed by atoms with E-state index in [4.69, 9.17) is 10.7 Å². The number of aryl methyl sites for hydroxylation is 1. The van der Waals surface area contributed by atoms with Gasteiger partial charge in [-0.15, -0.1) is 0 Å². The number of nitrogen functional groups attached to an aromatic ring is 1. The van der Waals surface area contributed by atoms with Crippen molar-refractivity contribution < 1.29 is 13.5 Å². The smallest absolute Gasteiger partial charge is 0.387 e. The number of imidazole rings is 1. The van der Waals surface area contributed by atoms with Crippen molar-refractivity contribution in [3.8, 4) is 17.0 Å². The number of ether oxygens (including phenoxy) is 1. The van der Waals surface area contributed by atoms with Crippen LogP contribution in [0.15, 0.2) is 18.5 Å². The fraction of sp³-hybridized carbons (Fsp3) is 0.714. The van der Waals surface area contributed by atoms with E-state index in [-0.39, 0.29) is 11.6 Å². The van der Waals surface area contributed by atoms with Gasteiger partial charge in [-0.1, -0.05) is 12.8 Å². The molecule has 2 aromatic rings. The van der Waals surface area contributed by atoms with Gasteiger partial charge in [-0.25, -0.2) is 9.97 Å². The van der Waals surface area contributed by atoms with Gasteiger partial charge in [-0.3, -0.25) is 4.90 Å². The summed E-state index contributed by atoms with van der Waals surface area (Å²) in [7, 11) is 2.23. The molecule has 0 amide bonds. The van der Waals surface area contributed by atoms with Crippen LogP contribution in [0.5, 0.6) is 5.75 Å². The van der Waals surface area contributed by atoms with Crippen molar-refractivity contribution in [2.45, 2.75) is 82.9 Å². The predicted molar refractivity (Wildman–Crippen MR) is 139 cm³/mol. The molecule has 5 aliphatic rings. The predicted octanol–water partition coefficient (Wildman–Crippen LogP) is 4.81. The zero-order valence-electron chi connectivity index (χ0n) is 22.0. The van der Waals surface area contributed by atoms with E-state index in [0.29, 0.717) is 22.4 Å². The third kappa shape index (κ3) is 5.21. The molecule has 0 aromatic carbocycles. The van der Waals surface area contributed by atoms with Crippen LogP contribution in [0.25, 0.3) is 11.3 Å². The van der Waals surface area contributed by atoms with Crippen LogP contribution in [0, 0.1) is 11.3 Å². The molecule has 4 aliphatic carbocycles. The van der Waals surface area contributed by atoms with Gasteiger partial charge in [0.15, 0.2) is 11.6 Å². The fourth-order valence-electron chi connectivity index (χ4n) is 7.09. The quantitative estimate of drug-likeness (QED) is 0.410. The number of nitrogens with zero attached hydrogens (tertiary/aromatic N) is 5. The van der Waals surface area contributed by atoms with Crippen molar-refractivity contribution in [2.75, 3.05) is 39.0 Å². The lowest BCUT2D eigenvalue weighted by molar-refractivity contribution is -0.229. The van der Waals surface area contributed by atoms with Gasteiger partial charge in [0.25, 0.3) is 0 Å². The molecule has 0 atom stereocenters. The Morgan fingerprint density at radius 1 is 1.11 bits per heavy atom. The highest BCUT2D eigenvalue weighted by Crippen LogP contribution is 2.71. The number of aromatic nitrogens is 3. The Balaban J connectivity index is 1.01. The minimum Gasteiger partial charge on any atom is -0.431 e.